The van der Waals surface area contributed by atoms with E-state index in [2.05, 4.69) is 10.6 Å². The third-order valence-electron chi connectivity index (χ3n) is 6.95. The molecule has 1 heterocycles. The summed E-state index contributed by atoms with van der Waals surface area (Å²) in [7, 11) is 0. The molecule has 0 saturated carbocycles. The van der Waals surface area contributed by atoms with E-state index in [1.54, 1.807) is 4.90 Å². The number of fused-ring (bicyclic) bond motifs is 1. The van der Waals surface area contributed by atoms with Gasteiger partial charge >= 0.3 is 12.2 Å². The van der Waals surface area contributed by atoms with Gasteiger partial charge in [0, 0.05) is 31.7 Å². The molecule has 190 valence electrons. The molecule has 3 aromatic carbocycles. The van der Waals surface area contributed by atoms with E-state index < -0.39 is 17.8 Å². The molecule has 0 radical (unpaired) electrons. The fourth-order valence-electron chi connectivity index (χ4n) is 4.92. The van der Waals surface area contributed by atoms with Crippen LogP contribution >= 0.6 is 0 Å². The van der Waals surface area contributed by atoms with Gasteiger partial charge in [-0.15, -0.1) is 0 Å². The van der Waals surface area contributed by atoms with Crippen molar-refractivity contribution in [1.82, 2.24) is 10.2 Å². The summed E-state index contributed by atoms with van der Waals surface area (Å²) in [4.78, 5) is 27.1. The zero-order valence-electron chi connectivity index (χ0n) is 20.1. The number of alkyl halides is 3. The van der Waals surface area contributed by atoms with Crippen molar-refractivity contribution < 1.29 is 22.8 Å². The zero-order valence-corrected chi connectivity index (χ0v) is 20.1. The number of piperidine rings is 1. The Hall–Kier alpha value is -3.55. The largest absolute Gasteiger partial charge is 0.416 e. The Morgan fingerprint density at radius 3 is 2.53 bits per heavy atom. The SMILES string of the molecule is CC[C@@H]1CN(C(=O)Nc2cccc(C(F)(F)F)c2)CC[C@H]1CC(=O)NCc1cccc2ccccc12. The molecule has 1 aliphatic heterocycles. The molecule has 5 nitrogen and oxygen atoms in total. The second kappa shape index (κ2) is 11.0. The smallest absolute Gasteiger partial charge is 0.352 e. The average Bonchev–Trinajstić information content (AvgIpc) is 2.87. The third-order valence-corrected chi connectivity index (χ3v) is 6.95. The van der Waals surface area contributed by atoms with Crippen LogP contribution in [-0.4, -0.2) is 29.9 Å². The molecular formula is C28H30F3N3O2. The molecule has 8 heteroatoms. The molecule has 2 N–H and O–H groups in total. The quantitative estimate of drug-likeness (QED) is 0.411. The number of halogens is 3. The number of hydrogen-bond acceptors (Lipinski definition) is 2. The van der Waals surface area contributed by atoms with Crippen molar-refractivity contribution in [1.29, 1.82) is 0 Å². The summed E-state index contributed by atoms with van der Waals surface area (Å²) in [6.45, 7) is 3.39. The van der Waals surface area contributed by atoms with Crippen molar-refractivity contribution in [3.63, 3.8) is 0 Å². The van der Waals surface area contributed by atoms with Crippen LogP contribution in [0.25, 0.3) is 10.8 Å². The van der Waals surface area contributed by atoms with Gasteiger partial charge in [0.05, 0.1) is 5.56 Å². The highest BCUT2D eigenvalue weighted by molar-refractivity contribution is 5.89. The summed E-state index contributed by atoms with van der Waals surface area (Å²) in [6.07, 6.45) is -2.63. The summed E-state index contributed by atoms with van der Waals surface area (Å²) in [5.74, 6) is 0.252. The topological polar surface area (TPSA) is 61.4 Å². The van der Waals surface area contributed by atoms with E-state index in [0.29, 0.717) is 32.5 Å². The first kappa shape index (κ1) is 25.5. The Balaban J connectivity index is 1.31. The van der Waals surface area contributed by atoms with Gasteiger partial charge in [-0.2, -0.15) is 13.2 Å². The maximum Gasteiger partial charge on any atom is 0.416 e. The number of nitrogens with one attached hydrogen (secondary N) is 2. The minimum Gasteiger partial charge on any atom is -0.352 e. The van der Waals surface area contributed by atoms with E-state index in [4.69, 9.17) is 0 Å². The van der Waals surface area contributed by atoms with Crippen molar-refractivity contribution in [3.8, 4) is 0 Å². The number of amides is 3. The number of rotatable bonds is 6. The first-order valence-corrected chi connectivity index (χ1v) is 12.2. The molecule has 1 saturated heterocycles. The summed E-state index contributed by atoms with van der Waals surface area (Å²) in [5.41, 5.74) is 0.368. The Kier molecular flexibility index (Phi) is 7.82. The summed E-state index contributed by atoms with van der Waals surface area (Å²) in [6, 6.07) is 18.3. The standard InChI is InChI=1S/C28H30F3N3O2/c1-2-19-18-34(27(36)33-24-11-6-10-23(16-24)28(29,30)31)14-13-21(19)15-26(35)32-17-22-9-5-8-20-7-3-4-12-25(20)22/h3-12,16,19,21H,2,13-15,17-18H2,1H3,(H,32,35)(H,33,36)/t19-,21+/m1/s1. The third kappa shape index (κ3) is 6.17. The predicted molar refractivity (Wildman–Crippen MR) is 134 cm³/mol. The number of benzene rings is 3. The normalized spacial score (nSPS) is 18.2. The van der Waals surface area contributed by atoms with Gasteiger partial charge in [-0.05, 0) is 52.8 Å². The lowest BCUT2D eigenvalue weighted by molar-refractivity contribution is -0.137. The van der Waals surface area contributed by atoms with Crippen molar-refractivity contribution in [3.05, 3.63) is 77.9 Å². The monoisotopic (exact) mass is 497 g/mol. The lowest BCUT2D eigenvalue weighted by Gasteiger charge is -2.38. The number of carbonyl (C=O) groups excluding carboxylic acids is 2. The van der Waals surface area contributed by atoms with E-state index >= 15 is 0 Å². The summed E-state index contributed by atoms with van der Waals surface area (Å²) >= 11 is 0. The minimum atomic E-state index is -4.47. The van der Waals surface area contributed by atoms with Gasteiger partial charge in [0.2, 0.25) is 5.91 Å². The molecule has 0 aromatic heterocycles. The van der Waals surface area contributed by atoms with Crippen LogP contribution in [0.4, 0.5) is 23.7 Å². The highest BCUT2D eigenvalue weighted by atomic mass is 19.4. The zero-order chi connectivity index (χ0) is 25.7. The Labute approximate surface area is 208 Å². The second-order valence-electron chi connectivity index (χ2n) is 9.29. The van der Waals surface area contributed by atoms with Crippen LogP contribution < -0.4 is 10.6 Å². The highest BCUT2D eigenvalue weighted by Gasteiger charge is 2.33. The lowest BCUT2D eigenvalue weighted by atomic mass is 9.81. The fraction of sp³-hybridized carbons (Fsp3) is 0.357. The summed E-state index contributed by atoms with van der Waals surface area (Å²) in [5, 5.41) is 7.88. The highest BCUT2D eigenvalue weighted by Crippen LogP contribution is 2.32. The van der Waals surface area contributed by atoms with Crippen LogP contribution in [0.2, 0.25) is 0 Å². The van der Waals surface area contributed by atoms with Gasteiger partial charge in [-0.1, -0.05) is 61.9 Å². The van der Waals surface area contributed by atoms with E-state index in [-0.39, 0.29) is 23.4 Å². The van der Waals surface area contributed by atoms with Crippen LogP contribution in [0.5, 0.6) is 0 Å². The number of likely N-dealkylation sites (tertiary alicyclic amines) is 1. The molecule has 0 spiro atoms. The molecule has 36 heavy (non-hydrogen) atoms. The molecule has 0 bridgehead atoms. The molecular weight excluding hydrogens is 467 g/mol. The molecule has 2 atom stereocenters. The fourth-order valence-corrected chi connectivity index (χ4v) is 4.92. The van der Waals surface area contributed by atoms with Crippen LogP contribution in [0, 0.1) is 11.8 Å². The van der Waals surface area contributed by atoms with Crippen LogP contribution in [0.15, 0.2) is 66.7 Å². The Bertz CT molecular complexity index is 1220. The van der Waals surface area contributed by atoms with Crippen molar-refractivity contribution in [2.24, 2.45) is 11.8 Å². The number of nitrogens with zero attached hydrogens (tertiary/aromatic N) is 1. The maximum absolute atomic E-state index is 13.0. The Morgan fingerprint density at radius 1 is 1.00 bits per heavy atom. The first-order valence-electron chi connectivity index (χ1n) is 12.2. The van der Waals surface area contributed by atoms with Gasteiger partial charge in [0.15, 0.2) is 0 Å². The van der Waals surface area contributed by atoms with Gasteiger partial charge in [-0.3, -0.25) is 4.79 Å². The minimum absolute atomic E-state index is 0.0201. The number of hydrogen-bond donors (Lipinski definition) is 2. The van der Waals surface area contributed by atoms with Crippen LogP contribution in [0.1, 0.15) is 37.3 Å². The van der Waals surface area contributed by atoms with Crippen molar-refractivity contribution >= 4 is 28.4 Å². The van der Waals surface area contributed by atoms with Gasteiger partial charge in [0.1, 0.15) is 0 Å². The van der Waals surface area contributed by atoms with Crippen LogP contribution in [-0.2, 0) is 17.5 Å². The molecule has 3 amide bonds. The number of carbonyl (C=O) groups is 2. The predicted octanol–water partition coefficient (Wildman–Crippen LogP) is 6.45. The molecule has 1 aliphatic rings. The number of urea groups is 1. The number of anilines is 1. The Morgan fingerprint density at radius 2 is 1.75 bits per heavy atom. The van der Waals surface area contributed by atoms with Crippen molar-refractivity contribution in [2.45, 2.75) is 38.9 Å². The molecule has 0 aliphatic carbocycles. The average molecular weight is 498 g/mol. The van der Waals surface area contributed by atoms with Gasteiger partial charge < -0.3 is 15.5 Å². The first-order chi connectivity index (χ1) is 17.2. The van der Waals surface area contributed by atoms with E-state index in [9.17, 15) is 22.8 Å². The van der Waals surface area contributed by atoms with Gasteiger partial charge in [0.25, 0.3) is 0 Å². The summed E-state index contributed by atoms with van der Waals surface area (Å²) < 4.78 is 38.9. The molecule has 4 rings (SSSR count). The maximum atomic E-state index is 13.0. The van der Waals surface area contributed by atoms with E-state index in [0.717, 1.165) is 34.9 Å². The lowest BCUT2D eigenvalue weighted by Crippen LogP contribution is -2.46. The molecule has 0 unspecified atom stereocenters. The van der Waals surface area contributed by atoms with Gasteiger partial charge in [-0.25, -0.2) is 4.79 Å². The molecule has 1 fully saturated rings. The van der Waals surface area contributed by atoms with E-state index in [1.165, 1.54) is 12.1 Å². The van der Waals surface area contributed by atoms with Crippen molar-refractivity contribution in [2.75, 3.05) is 18.4 Å². The molecule has 3 aromatic rings. The van der Waals surface area contributed by atoms with Crippen LogP contribution in [0.3, 0.4) is 0 Å². The van der Waals surface area contributed by atoms with E-state index in [1.807, 2.05) is 49.4 Å². The second-order valence-corrected chi connectivity index (χ2v) is 9.29.